The van der Waals surface area contributed by atoms with Gasteiger partial charge in [-0.3, -0.25) is 9.59 Å². The second-order valence-corrected chi connectivity index (χ2v) is 15.6. The molecule has 0 spiro atoms. The van der Waals surface area contributed by atoms with Crippen LogP contribution in [-0.2, 0) is 30.3 Å². The first-order chi connectivity index (χ1) is 17.1. The first-order valence-corrected chi connectivity index (χ1v) is 15.1. The molecule has 3 heterocycles. The second-order valence-electron chi connectivity index (χ2n) is 12.0. The van der Waals surface area contributed by atoms with Gasteiger partial charge >= 0.3 is 0 Å². The molecule has 2 saturated heterocycles. The van der Waals surface area contributed by atoms with Crippen LogP contribution in [0, 0.1) is 17.8 Å². The van der Waals surface area contributed by atoms with Crippen molar-refractivity contribution in [3.05, 3.63) is 76.9 Å². The Morgan fingerprint density at radius 3 is 1.65 bits per heavy atom. The summed E-state index contributed by atoms with van der Waals surface area (Å²) in [6.45, 7) is 14.3. The Bertz CT molecular complexity index is 1410. The van der Waals surface area contributed by atoms with Gasteiger partial charge in [0.15, 0.2) is 0 Å². The van der Waals surface area contributed by atoms with Crippen LogP contribution in [0.3, 0.4) is 0 Å². The molecule has 9 heteroatoms. The monoisotopic (exact) mass is 539 g/mol. The Balaban J connectivity index is 1.72. The van der Waals surface area contributed by atoms with Gasteiger partial charge in [0.2, 0.25) is 0 Å². The third kappa shape index (κ3) is 3.98. The van der Waals surface area contributed by atoms with E-state index >= 15 is 0 Å². The second kappa shape index (κ2) is 8.36. The summed E-state index contributed by atoms with van der Waals surface area (Å²) in [5.41, 5.74) is 2.87. The van der Waals surface area contributed by atoms with Crippen LogP contribution in [0.25, 0.3) is 0 Å². The van der Waals surface area contributed by atoms with E-state index in [2.05, 4.69) is 45.3 Å². The van der Waals surface area contributed by atoms with Crippen LogP contribution in [0.1, 0.15) is 58.6 Å². The third-order valence-corrected chi connectivity index (χ3v) is 11.2. The van der Waals surface area contributed by atoms with E-state index in [-0.39, 0.29) is 27.5 Å². The van der Waals surface area contributed by atoms with E-state index in [1.54, 1.807) is 36.4 Å². The SMILES string of the molecule is Cc1ccc(S(=O)(=O)N=S2C3C(C(C)(C)C)=C(C(C)(C)C)C2N2C(=O)C(c4ccccc4)C(=O)N32)cc1. The molecule has 0 aliphatic carbocycles. The van der Waals surface area contributed by atoms with E-state index in [1.165, 1.54) is 10.0 Å². The van der Waals surface area contributed by atoms with Crippen LogP contribution >= 0.6 is 0 Å². The maximum Gasteiger partial charge on any atom is 0.288 e. The zero-order valence-electron chi connectivity index (χ0n) is 22.2. The fraction of sp³-hybridized carbons (Fsp3) is 0.429. The van der Waals surface area contributed by atoms with Crippen molar-refractivity contribution in [2.45, 2.75) is 70.0 Å². The molecular formula is C28H33N3O4S2. The number of nitrogens with zero attached hydrogens (tertiary/aromatic N) is 3. The van der Waals surface area contributed by atoms with Gasteiger partial charge in [-0.15, -0.1) is 3.77 Å². The van der Waals surface area contributed by atoms with E-state index in [9.17, 15) is 18.0 Å². The number of hydrazine groups is 1. The van der Waals surface area contributed by atoms with Crippen molar-refractivity contribution in [1.82, 2.24) is 10.0 Å². The number of amides is 2. The predicted molar refractivity (Wildman–Crippen MR) is 145 cm³/mol. The number of hydrogen-bond acceptors (Lipinski definition) is 4. The van der Waals surface area contributed by atoms with Gasteiger partial charge in [-0.05, 0) is 57.3 Å². The summed E-state index contributed by atoms with van der Waals surface area (Å²) in [7, 11) is -5.20. The highest BCUT2D eigenvalue weighted by Gasteiger charge is 2.66. The zero-order valence-corrected chi connectivity index (χ0v) is 23.9. The average Bonchev–Trinajstić information content (AvgIpc) is 3.38. The summed E-state index contributed by atoms with van der Waals surface area (Å²) in [5.74, 6) is -1.58. The van der Waals surface area contributed by atoms with Crippen molar-refractivity contribution in [2.24, 2.45) is 14.6 Å². The average molecular weight is 540 g/mol. The molecule has 3 aliphatic rings. The number of carbonyl (C=O) groups is 2. The van der Waals surface area contributed by atoms with Crippen molar-refractivity contribution in [3.8, 4) is 0 Å². The molecule has 2 bridgehead atoms. The van der Waals surface area contributed by atoms with Crippen LogP contribution in [0.4, 0.5) is 0 Å². The molecule has 3 aliphatic heterocycles. The number of hydrogen-bond donors (Lipinski definition) is 0. The molecule has 2 fully saturated rings. The summed E-state index contributed by atoms with van der Waals surface area (Å²) >= 11 is 0. The standard InChI is InChI=1S/C28H33N3O4S2/c1-17-13-15-19(16-14-17)37(34,35)29-36-25-21(27(2,3)4)22(28(5,6)7)26(36)31-24(33)20(23(32)30(25)31)18-11-9-8-10-12-18/h8-16,20,25-26H,1-7H3. The van der Waals surface area contributed by atoms with Crippen molar-refractivity contribution < 1.29 is 18.0 Å². The summed E-state index contributed by atoms with van der Waals surface area (Å²) in [6, 6.07) is 15.7. The summed E-state index contributed by atoms with van der Waals surface area (Å²) in [5, 5.41) is 1.81. The van der Waals surface area contributed by atoms with Crippen molar-refractivity contribution in [3.63, 3.8) is 0 Å². The minimum Gasteiger partial charge on any atom is -0.272 e. The molecule has 5 rings (SSSR count). The molecule has 2 unspecified atom stereocenters. The lowest BCUT2D eigenvalue weighted by Crippen LogP contribution is -2.50. The van der Waals surface area contributed by atoms with Crippen molar-refractivity contribution in [2.75, 3.05) is 0 Å². The molecule has 2 aromatic carbocycles. The highest BCUT2D eigenvalue weighted by molar-refractivity contribution is 8.01. The van der Waals surface area contributed by atoms with Gasteiger partial charge in [-0.25, -0.2) is 10.0 Å². The maximum atomic E-state index is 13.9. The number of aryl methyl sites for hydroxylation is 1. The molecule has 2 atom stereocenters. The topological polar surface area (TPSA) is 87.1 Å². The fourth-order valence-electron chi connectivity index (χ4n) is 5.55. The number of sulfonamides is 1. The largest absolute Gasteiger partial charge is 0.288 e. The lowest BCUT2D eigenvalue weighted by Gasteiger charge is -2.41. The van der Waals surface area contributed by atoms with Gasteiger partial charge in [0.1, 0.15) is 16.7 Å². The number of fused-ring (bicyclic) bond motifs is 5. The Kier molecular flexibility index (Phi) is 5.84. The first kappa shape index (κ1) is 25.9. The van der Waals surface area contributed by atoms with Crippen molar-refractivity contribution >= 4 is 32.5 Å². The van der Waals surface area contributed by atoms with Crippen LogP contribution in [0.15, 0.2) is 74.4 Å². The van der Waals surface area contributed by atoms with Gasteiger partial charge in [0, 0.05) is 0 Å². The molecule has 2 aromatic rings. The van der Waals surface area contributed by atoms with E-state index in [4.69, 9.17) is 0 Å². The van der Waals surface area contributed by atoms with Gasteiger partial charge in [-0.2, -0.15) is 8.42 Å². The Hall–Kier alpha value is -2.78. The molecule has 0 radical (unpaired) electrons. The third-order valence-electron chi connectivity index (χ3n) is 7.12. The number of carbonyl (C=O) groups excluding carboxylic acids is 2. The maximum absolute atomic E-state index is 13.9. The number of rotatable bonds is 3. The summed E-state index contributed by atoms with van der Waals surface area (Å²) < 4.78 is 31.5. The van der Waals surface area contributed by atoms with Crippen molar-refractivity contribution in [1.29, 1.82) is 0 Å². The molecule has 196 valence electrons. The van der Waals surface area contributed by atoms with Gasteiger partial charge in [0.05, 0.1) is 4.90 Å². The molecule has 0 N–H and O–H groups in total. The quantitative estimate of drug-likeness (QED) is 0.409. The number of benzene rings is 2. The zero-order chi connectivity index (χ0) is 27.1. The van der Waals surface area contributed by atoms with E-state index < -0.39 is 37.4 Å². The molecule has 2 amide bonds. The molecule has 7 nitrogen and oxygen atoms in total. The normalized spacial score (nSPS) is 25.8. The highest BCUT2D eigenvalue weighted by atomic mass is 32.3. The summed E-state index contributed by atoms with van der Waals surface area (Å²) in [6.07, 6.45) is 0. The van der Waals surface area contributed by atoms with Crippen LogP contribution in [0.5, 0.6) is 0 Å². The first-order valence-electron chi connectivity index (χ1n) is 12.4. The van der Waals surface area contributed by atoms with Crippen LogP contribution < -0.4 is 0 Å². The molecular weight excluding hydrogens is 506 g/mol. The smallest absolute Gasteiger partial charge is 0.272 e. The highest BCUT2D eigenvalue weighted by Crippen LogP contribution is 2.57. The predicted octanol–water partition coefficient (Wildman–Crippen LogP) is 4.92. The van der Waals surface area contributed by atoms with Gasteiger partial charge < -0.3 is 0 Å². The molecule has 0 aromatic heterocycles. The molecule has 37 heavy (non-hydrogen) atoms. The minimum absolute atomic E-state index is 0.112. The van der Waals surface area contributed by atoms with E-state index in [1.807, 2.05) is 25.1 Å². The summed E-state index contributed by atoms with van der Waals surface area (Å²) in [4.78, 5) is 27.9. The lowest BCUT2D eigenvalue weighted by molar-refractivity contribution is -0.147. The lowest BCUT2D eigenvalue weighted by atomic mass is 9.74. The van der Waals surface area contributed by atoms with Gasteiger partial charge in [0.25, 0.3) is 21.8 Å². The Morgan fingerprint density at radius 1 is 0.757 bits per heavy atom. The van der Waals surface area contributed by atoms with Crippen LogP contribution in [0.2, 0.25) is 0 Å². The van der Waals surface area contributed by atoms with Crippen LogP contribution in [-0.4, -0.2) is 41.0 Å². The van der Waals surface area contributed by atoms with E-state index in [0.717, 1.165) is 16.7 Å². The minimum atomic E-state index is -4.02. The molecule has 0 saturated carbocycles. The Labute approximate surface area is 221 Å². The van der Waals surface area contributed by atoms with E-state index in [0.29, 0.717) is 5.56 Å². The van der Waals surface area contributed by atoms with Gasteiger partial charge in [-0.1, -0.05) is 89.6 Å². The Morgan fingerprint density at radius 2 is 1.22 bits per heavy atom. The fourth-order valence-corrected chi connectivity index (χ4v) is 10.4.